The number of nitrogens with one attached hydrogen (secondary N) is 1. The van der Waals surface area contributed by atoms with E-state index in [9.17, 15) is 14.4 Å². The minimum absolute atomic E-state index is 0.0106. The number of esters is 1. The van der Waals surface area contributed by atoms with E-state index in [1.54, 1.807) is 4.90 Å². The van der Waals surface area contributed by atoms with Crippen molar-refractivity contribution in [1.82, 2.24) is 4.90 Å². The summed E-state index contributed by atoms with van der Waals surface area (Å²) in [6.45, 7) is 12.6. The molecule has 2 aliphatic rings. The van der Waals surface area contributed by atoms with Gasteiger partial charge in [0.15, 0.2) is 0 Å². The lowest BCUT2D eigenvalue weighted by atomic mass is 9.77. The van der Waals surface area contributed by atoms with Crippen molar-refractivity contribution in [2.24, 2.45) is 11.3 Å². The fraction of sp³-hybridized carbons (Fsp3) is 0.682. The summed E-state index contributed by atoms with van der Waals surface area (Å²) in [6.07, 6.45) is 3.34. The first-order valence-electron chi connectivity index (χ1n) is 10.3. The SMILES string of the molecule is CC(=O)N1CCC(C(=O)Nc2sc3c(c2C(=O)OC(C)(C)C)CCC(C)(C)C3)C1. The number of anilines is 1. The molecule has 29 heavy (non-hydrogen) atoms. The summed E-state index contributed by atoms with van der Waals surface area (Å²) in [7, 11) is 0. The molecule has 2 amide bonds. The maximum atomic E-state index is 13.0. The first-order chi connectivity index (χ1) is 13.4. The number of hydrogen-bond donors (Lipinski definition) is 1. The average molecular weight is 421 g/mol. The molecule has 3 rings (SSSR count). The molecule has 2 heterocycles. The molecule has 0 spiro atoms. The van der Waals surface area contributed by atoms with E-state index in [-0.39, 0.29) is 29.1 Å². The predicted molar refractivity (Wildman–Crippen MR) is 114 cm³/mol. The molecular formula is C22H32N2O4S. The van der Waals surface area contributed by atoms with Gasteiger partial charge in [0.05, 0.1) is 11.5 Å². The van der Waals surface area contributed by atoms with Crippen molar-refractivity contribution in [2.45, 2.75) is 72.8 Å². The number of amides is 2. The van der Waals surface area contributed by atoms with Crippen molar-refractivity contribution in [2.75, 3.05) is 18.4 Å². The Hall–Kier alpha value is -1.89. The molecule has 0 saturated carbocycles. The van der Waals surface area contributed by atoms with Gasteiger partial charge < -0.3 is 15.0 Å². The Bertz CT molecular complexity index is 835. The highest BCUT2D eigenvalue weighted by Gasteiger charge is 2.36. The molecule has 160 valence electrons. The van der Waals surface area contributed by atoms with Crippen molar-refractivity contribution in [1.29, 1.82) is 0 Å². The minimum Gasteiger partial charge on any atom is -0.456 e. The highest BCUT2D eigenvalue weighted by atomic mass is 32.1. The van der Waals surface area contributed by atoms with Crippen LogP contribution < -0.4 is 5.32 Å². The van der Waals surface area contributed by atoms with Crippen LogP contribution in [0.2, 0.25) is 0 Å². The van der Waals surface area contributed by atoms with Crippen molar-refractivity contribution >= 4 is 34.1 Å². The number of ether oxygens (including phenoxy) is 1. The van der Waals surface area contributed by atoms with Gasteiger partial charge in [0.25, 0.3) is 0 Å². The topological polar surface area (TPSA) is 75.7 Å². The predicted octanol–water partition coefficient (Wildman–Crippen LogP) is 4.03. The Balaban J connectivity index is 1.87. The molecule has 1 atom stereocenters. The highest BCUT2D eigenvalue weighted by molar-refractivity contribution is 7.17. The molecule has 6 nitrogen and oxygen atoms in total. The lowest BCUT2D eigenvalue weighted by Crippen LogP contribution is -2.30. The van der Waals surface area contributed by atoms with Crippen molar-refractivity contribution in [3.05, 3.63) is 16.0 Å². The molecule has 1 aromatic heterocycles. The van der Waals surface area contributed by atoms with Gasteiger partial charge in [0.2, 0.25) is 11.8 Å². The fourth-order valence-electron chi connectivity index (χ4n) is 4.01. The summed E-state index contributed by atoms with van der Waals surface area (Å²) >= 11 is 1.50. The van der Waals surface area contributed by atoms with Crippen molar-refractivity contribution in [3.63, 3.8) is 0 Å². The van der Waals surface area contributed by atoms with Crippen LogP contribution in [-0.2, 0) is 27.2 Å². The molecule has 1 aliphatic carbocycles. The van der Waals surface area contributed by atoms with Gasteiger partial charge in [-0.05, 0) is 57.4 Å². The Labute approximate surface area is 177 Å². The monoisotopic (exact) mass is 420 g/mol. The number of carbonyl (C=O) groups excluding carboxylic acids is 3. The molecule has 0 aromatic carbocycles. The number of fused-ring (bicyclic) bond motifs is 1. The second-order valence-corrected chi connectivity index (χ2v) is 11.1. The van der Waals surface area contributed by atoms with Gasteiger partial charge in [-0.15, -0.1) is 11.3 Å². The molecule has 0 bridgehead atoms. The van der Waals surface area contributed by atoms with Crippen LogP contribution in [0.4, 0.5) is 5.00 Å². The van der Waals surface area contributed by atoms with Crippen LogP contribution in [0, 0.1) is 11.3 Å². The van der Waals surface area contributed by atoms with E-state index in [4.69, 9.17) is 4.74 Å². The lowest BCUT2D eigenvalue weighted by molar-refractivity contribution is -0.128. The minimum atomic E-state index is -0.603. The van der Waals surface area contributed by atoms with Gasteiger partial charge in [0.1, 0.15) is 10.6 Å². The number of carbonyl (C=O) groups is 3. The molecule has 1 aromatic rings. The van der Waals surface area contributed by atoms with Gasteiger partial charge in [-0.3, -0.25) is 9.59 Å². The zero-order chi connectivity index (χ0) is 21.6. The van der Waals surface area contributed by atoms with Crippen LogP contribution in [0.3, 0.4) is 0 Å². The summed E-state index contributed by atoms with van der Waals surface area (Å²) in [5, 5.41) is 3.59. The van der Waals surface area contributed by atoms with E-state index in [0.717, 1.165) is 29.7 Å². The molecule has 1 unspecified atom stereocenters. The maximum absolute atomic E-state index is 13.0. The summed E-state index contributed by atoms with van der Waals surface area (Å²) in [4.78, 5) is 40.3. The van der Waals surface area contributed by atoms with Gasteiger partial charge in [-0.25, -0.2) is 4.79 Å². The van der Waals surface area contributed by atoms with Crippen molar-refractivity contribution in [3.8, 4) is 0 Å². The van der Waals surface area contributed by atoms with Gasteiger partial charge >= 0.3 is 5.97 Å². The molecule has 0 radical (unpaired) electrons. The Morgan fingerprint density at radius 3 is 2.52 bits per heavy atom. The standard InChI is InChI=1S/C22H32N2O4S/c1-13(25)24-10-8-14(12-24)18(26)23-19-17(20(27)28-21(2,3)4)15-7-9-22(5,6)11-16(15)29-19/h14H,7-12H2,1-6H3,(H,23,26). The highest BCUT2D eigenvalue weighted by Crippen LogP contribution is 2.44. The van der Waals surface area contributed by atoms with Crippen molar-refractivity contribution < 1.29 is 19.1 Å². The van der Waals surface area contributed by atoms with Crippen LogP contribution in [0.1, 0.15) is 75.2 Å². The number of nitrogens with zero attached hydrogens (tertiary/aromatic N) is 1. The van der Waals surface area contributed by atoms with E-state index < -0.39 is 5.60 Å². The molecule has 1 N–H and O–H groups in total. The number of likely N-dealkylation sites (tertiary alicyclic amines) is 1. The van der Waals surface area contributed by atoms with Gasteiger partial charge in [0, 0.05) is 24.9 Å². The number of hydrogen-bond acceptors (Lipinski definition) is 5. The second-order valence-electron chi connectivity index (χ2n) is 9.99. The largest absolute Gasteiger partial charge is 0.456 e. The number of thiophene rings is 1. The Morgan fingerprint density at radius 2 is 1.93 bits per heavy atom. The lowest BCUT2D eigenvalue weighted by Gasteiger charge is -2.29. The molecule has 7 heteroatoms. The molecule has 1 fully saturated rings. The third-order valence-corrected chi connectivity index (χ3v) is 6.77. The van der Waals surface area contributed by atoms with Crippen LogP contribution in [0.5, 0.6) is 0 Å². The van der Waals surface area contributed by atoms with E-state index in [1.165, 1.54) is 18.3 Å². The average Bonchev–Trinajstić information content (AvgIpc) is 3.16. The van der Waals surface area contributed by atoms with Crippen LogP contribution in [0.25, 0.3) is 0 Å². The van der Waals surface area contributed by atoms with E-state index in [0.29, 0.717) is 30.1 Å². The third kappa shape index (κ3) is 5.00. The molecule has 1 aliphatic heterocycles. The second kappa shape index (κ2) is 7.74. The normalized spacial score (nSPS) is 20.9. The first kappa shape index (κ1) is 21.8. The van der Waals surface area contributed by atoms with Crippen LogP contribution in [0.15, 0.2) is 0 Å². The first-order valence-corrected chi connectivity index (χ1v) is 11.1. The Kier molecular flexibility index (Phi) is 5.82. The van der Waals surface area contributed by atoms with Crippen LogP contribution >= 0.6 is 11.3 Å². The van der Waals surface area contributed by atoms with Crippen LogP contribution in [-0.4, -0.2) is 41.4 Å². The quantitative estimate of drug-likeness (QED) is 0.749. The van der Waals surface area contributed by atoms with Gasteiger partial charge in [-0.1, -0.05) is 13.8 Å². The van der Waals surface area contributed by atoms with E-state index in [1.807, 2.05) is 20.8 Å². The zero-order valence-corrected chi connectivity index (χ0v) is 19.1. The molecule has 1 saturated heterocycles. The maximum Gasteiger partial charge on any atom is 0.341 e. The third-order valence-electron chi connectivity index (χ3n) is 5.63. The Morgan fingerprint density at radius 1 is 1.24 bits per heavy atom. The summed E-state index contributed by atoms with van der Waals surface area (Å²) in [5.74, 6) is -0.761. The fourth-order valence-corrected chi connectivity index (χ4v) is 5.51. The molecular weight excluding hydrogens is 388 g/mol. The smallest absolute Gasteiger partial charge is 0.341 e. The van der Waals surface area contributed by atoms with Gasteiger partial charge in [-0.2, -0.15) is 0 Å². The van der Waals surface area contributed by atoms with E-state index >= 15 is 0 Å². The summed E-state index contributed by atoms with van der Waals surface area (Å²) < 4.78 is 5.66. The summed E-state index contributed by atoms with van der Waals surface area (Å²) in [5.41, 5.74) is 1.12. The summed E-state index contributed by atoms with van der Waals surface area (Å²) in [6, 6.07) is 0. The number of rotatable bonds is 3. The van der Waals surface area contributed by atoms with E-state index in [2.05, 4.69) is 19.2 Å². The zero-order valence-electron chi connectivity index (χ0n) is 18.3.